The first-order valence-corrected chi connectivity index (χ1v) is 16.0. The van der Waals surface area contributed by atoms with Crippen molar-refractivity contribution in [3.8, 4) is 56.4 Å². The Hall–Kier alpha value is -6.46. The molecule has 0 aliphatic rings. The third-order valence-electron chi connectivity index (χ3n) is 8.86. The lowest BCUT2D eigenvalue weighted by Gasteiger charge is -2.14. The van der Waals surface area contributed by atoms with Gasteiger partial charge < -0.3 is 4.42 Å². The van der Waals surface area contributed by atoms with Gasteiger partial charge in [-0.25, -0.2) is 15.0 Å². The van der Waals surface area contributed by atoms with E-state index in [2.05, 4.69) is 77.8 Å². The molecule has 0 saturated carbocycles. The molecule has 0 radical (unpaired) electrons. The molecule has 5 nitrogen and oxygen atoms in total. The fourth-order valence-electron chi connectivity index (χ4n) is 6.59. The Morgan fingerprint density at radius 3 is 1.62 bits per heavy atom. The third kappa shape index (κ3) is 4.81. The molecule has 0 spiro atoms. The summed E-state index contributed by atoms with van der Waals surface area (Å²) in [5.41, 5.74) is 9.71. The number of nitrogens with zero attached hydrogens (tertiary/aromatic N) is 4. The van der Waals surface area contributed by atoms with Crippen LogP contribution in [-0.4, -0.2) is 19.9 Å². The predicted molar refractivity (Wildman–Crippen MR) is 194 cm³/mol. The Morgan fingerprint density at radius 1 is 0.417 bits per heavy atom. The summed E-state index contributed by atoms with van der Waals surface area (Å²) < 4.78 is 6.59. The van der Waals surface area contributed by atoms with E-state index in [9.17, 15) is 0 Å². The van der Waals surface area contributed by atoms with Crippen LogP contribution in [0.5, 0.6) is 0 Å². The second-order valence-corrected chi connectivity index (χ2v) is 11.9. The minimum atomic E-state index is 0.557. The quantitative estimate of drug-likeness (QED) is 0.192. The van der Waals surface area contributed by atoms with Crippen molar-refractivity contribution in [2.24, 2.45) is 0 Å². The largest absolute Gasteiger partial charge is 0.455 e. The highest BCUT2D eigenvalue weighted by Crippen LogP contribution is 2.42. The van der Waals surface area contributed by atoms with Crippen molar-refractivity contribution in [3.63, 3.8) is 0 Å². The maximum Gasteiger partial charge on any atom is 0.167 e. The lowest BCUT2D eigenvalue weighted by molar-refractivity contribution is 0.669. The summed E-state index contributed by atoms with van der Waals surface area (Å²) in [7, 11) is 0. The number of hydrogen-bond donors (Lipinski definition) is 0. The van der Waals surface area contributed by atoms with Crippen molar-refractivity contribution in [1.29, 1.82) is 0 Å². The summed E-state index contributed by atoms with van der Waals surface area (Å²) >= 11 is 0. The summed E-state index contributed by atoms with van der Waals surface area (Å²) in [6.45, 7) is 2.03. The number of rotatable bonds is 5. The molecule has 0 atom stereocenters. The monoisotopic (exact) mass is 616 g/mol. The Morgan fingerprint density at radius 2 is 0.979 bits per heavy atom. The zero-order chi connectivity index (χ0) is 32.0. The minimum absolute atomic E-state index is 0.557. The Bertz CT molecular complexity index is 2570. The van der Waals surface area contributed by atoms with E-state index in [1.165, 1.54) is 10.9 Å². The van der Waals surface area contributed by atoms with Gasteiger partial charge in [-0.05, 0) is 70.3 Å². The molecule has 5 heteroatoms. The Kier molecular flexibility index (Phi) is 6.61. The van der Waals surface area contributed by atoms with Crippen LogP contribution in [0.1, 0.15) is 5.69 Å². The molecule has 0 unspecified atom stereocenters. The van der Waals surface area contributed by atoms with Gasteiger partial charge in [0.15, 0.2) is 17.5 Å². The topological polar surface area (TPSA) is 64.7 Å². The summed E-state index contributed by atoms with van der Waals surface area (Å²) in [5.74, 6) is 1.77. The van der Waals surface area contributed by atoms with Crippen LogP contribution in [0.2, 0.25) is 0 Å². The number of aryl methyl sites for hydroxylation is 1. The summed E-state index contributed by atoms with van der Waals surface area (Å²) in [4.78, 5) is 19.5. The smallest absolute Gasteiger partial charge is 0.167 e. The van der Waals surface area contributed by atoms with Gasteiger partial charge in [-0.3, -0.25) is 4.98 Å². The molecule has 9 aromatic rings. The van der Waals surface area contributed by atoms with Gasteiger partial charge >= 0.3 is 0 Å². The van der Waals surface area contributed by atoms with Gasteiger partial charge in [-0.1, -0.05) is 115 Å². The van der Waals surface area contributed by atoms with Crippen molar-refractivity contribution in [2.75, 3.05) is 0 Å². The fraction of sp³-hybridized carbons (Fsp3) is 0.0233. The van der Waals surface area contributed by atoms with Gasteiger partial charge in [0.25, 0.3) is 0 Å². The van der Waals surface area contributed by atoms with E-state index in [-0.39, 0.29) is 0 Å². The van der Waals surface area contributed by atoms with E-state index in [1.807, 2.05) is 85.9 Å². The van der Waals surface area contributed by atoms with Gasteiger partial charge in [0.05, 0.1) is 5.56 Å². The molecule has 3 aromatic heterocycles. The van der Waals surface area contributed by atoms with Crippen LogP contribution in [-0.2, 0) is 0 Å². The number of pyridine rings is 1. The molecule has 0 saturated heterocycles. The fourth-order valence-corrected chi connectivity index (χ4v) is 6.59. The number of para-hydroxylation sites is 1. The van der Waals surface area contributed by atoms with Gasteiger partial charge in [0.2, 0.25) is 0 Å². The van der Waals surface area contributed by atoms with Gasteiger partial charge in [-0.2, -0.15) is 0 Å². The van der Waals surface area contributed by atoms with Crippen LogP contribution in [0.3, 0.4) is 0 Å². The van der Waals surface area contributed by atoms with Crippen LogP contribution in [0, 0.1) is 6.92 Å². The molecule has 0 N–H and O–H groups in total. The number of fused-ring (bicyclic) bond motifs is 4. The maximum atomic E-state index is 6.59. The van der Waals surface area contributed by atoms with E-state index >= 15 is 0 Å². The molecule has 9 rings (SSSR count). The lowest BCUT2D eigenvalue weighted by Crippen LogP contribution is -2.00. The van der Waals surface area contributed by atoms with Crippen molar-refractivity contribution >= 4 is 32.7 Å². The standard InChI is InChI=1S/C43H28N4O/c1-27-24-30(22-23-44-27)32-20-21-33(35-17-9-8-16-34(32)35)31-25-37-36-18-10-11-19-39(36)48-40(37)38(26-31)43-46-41(28-12-4-2-5-13-28)45-42(47-43)29-14-6-3-7-15-29/h2-26H,1H3. The van der Waals surface area contributed by atoms with E-state index in [0.717, 1.165) is 66.4 Å². The molecular formula is C43H28N4O. The normalized spacial score (nSPS) is 11.4. The first-order chi connectivity index (χ1) is 23.7. The summed E-state index contributed by atoms with van der Waals surface area (Å²) in [5, 5.41) is 4.40. The van der Waals surface area contributed by atoms with Crippen molar-refractivity contribution < 1.29 is 4.42 Å². The SMILES string of the molecule is Cc1cc(-c2ccc(-c3cc(-c4nc(-c5ccccc5)nc(-c5ccccc5)n4)c4oc5ccccc5c4c3)c3ccccc23)ccn1. The first kappa shape index (κ1) is 27.8. The third-order valence-corrected chi connectivity index (χ3v) is 8.86. The Labute approximate surface area is 277 Å². The van der Waals surface area contributed by atoms with E-state index < -0.39 is 0 Å². The molecule has 0 aliphatic carbocycles. The zero-order valence-corrected chi connectivity index (χ0v) is 26.1. The predicted octanol–water partition coefficient (Wildman–Crippen LogP) is 11.0. The highest BCUT2D eigenvalue weighted by Gasteiger charge is 2.20. The highest BCUT2D eigenvalue weighted by atomic mass is 16.3. The highest BCUT2D eigenvalue weighted by molar-refractivity contribution is 6.13. The summed E-state index contributed by atoms with van der Waals surface area (Å²) in [6.07, 6.45) is 1.87. The minimum Gasteiger partial charge on any atom is -0.455 e. The first-order valence-electron chi connectivity index (χ1n) is 16.0. The number of benzene rings is 6. The number of furan rings is 1. The second kappa shape index (κ2) is 11.4. The van der Waals surface area contributed by atoms with Gasteiger partial charge in [-0.15, -0.1) is 0 Å². The average molecular weight is 617 g/mol. The van der Waals surface area contributed by atoms with Gasteiger partial charge in [0, 0.05) is 33.8 Å². The number of hydrogen-bond acceptors (Lipinski definition) is 5. The average Bonchev–Trinajstić information content (AvgIpc) is 3.53. The van der Waals surface area contributed by atoms with Crippen LogP contribution < -0.4 is 0 Å². The zero-order valence-electron chi connectivity index (χ0n) is 26.1. The van der Waals surface area contributed by atoms with Crippen molar-refractivity contribution in [3.05, 3.63) is 157 Å². The molecule has 0 amide bonds. The molecule has 6 aromatic carbocycles. The van der Waals surface area contributed by atoms with Gasteiger partial charge in [0.1, 0.15) is 11.2 Å². The molecule has 0 fully saturated rings. The van der Waals surface area contributed by atoms with Crippen molar-refractivity contribution in [1.82, 2.24) is 19.9 Å². The van der Waals surface area contributed by atoms with E-state index in [0.29, 0.717) is 17.5 Å². The second-order valence-electron chi connectivity index (χ2n) is 11.9. The Balaban J connectivity index is 1.33. The summed E-state index contributed by atoms with van der Waals surface area (Å²) in [6, 6.07) is 49.9. The van der Waals surface area contributed by atoms with Crippen LogP contribution in [0.15, 0.2) is 156 Å². The maximum absolute atomic E-state index is 6.59. The molecular weight excluding hydrogens is 589 g/mol. The molecule has 0 aliphatic heterocycles. The number of aromatic nitrogens is 4. The lowest BCUT2D eigenvalue weighted by atomic mass is 9.91. The van der Waals surface area contributed by atoms with E-state index in [1.54, 1.807) is 0 Å². The molecule has 3 heterocycles. The van der Waals surface area contributed by atoms with Crippen LogP contribution in [0.25, 0.3) is 89.1 Å². The van der Waals surface area contributed by atoms with Crippen LogP contribution in [0.4, 0.5) is 0 Å². The van der Waals surface area contributed by atoms with E-state index in [4.69, 9.17) is 19.4 Å². The molecule has 0 bridgehead atoms. The molecule has 226 valence electrons. The van der Waals surface area contributed by atoms with Crippen molar-refractivity contribution in [2.45, 2.75) is 6.92 Å². The molecule has 48 heavy (non-hydrogen) atoms. The van der Waals surface area contributed by atoms with Crippen LogP contribution >= 0.6 is 0 Å².